The third-order valence-electron chi connectivity index (χ3n) is 2.38. The predicted octanol–water partition coefficient (Wildman–Crippen LogP) is -1.66. The van der Waals surface area contributed by atoms with E-state index < -0.39 is 33.7 Å². The Balaban J connectivity index is 2.91. The summed E-state index contributed by atoms with van der Waals surface area (Å²) in [5.74, 6) is -1.06. The number of rotatable bonds is 3. The quantitative estimate of drug-likeness (QED) is 0.542. The topological polar surface area (TPSA) is 91.7 Å². The number of aliphatic hydroxyl groups excluding tert-OH is 2. The van der Waals surface area contributed by atoms with Crippen molar-refractivity contribution in [2.45, 2.75) is 17.8 Å². The number of sulfone groups is 1. The Morgan fingerprint density at radius 3 is 2.54 bits per heavy atom. The van der Waals surface area contributed by atoms with Crippen LogP contribution in [0.1, 0.15) is 6.42 Å². The molecule has 0 aromatic carbocycles. The summed E-state index contributed by atoms with van der Waals surface area (Å²) in [6.07, 6.45) is -0.687. The van der Waals surface area contributed by atoms with Crippen LogP contribution in [0.25, 0.3) is 0 Å². The van der Waals surface area contributed by atoms with Crippen molar-refractivity contribution in [3.05, 3.63) is 0 Å². The Bertz CT molecular complexity index is 283. The zero-order valence-corrected chi connectivity index (χ0v) is 7.77. The molecule has 13 heavy (non-hydrogen) atoms. The molecule has 1 aliphatic heterocycles. The molecule has 1 rings (SSSR count). The highest BCUT2D eigenvalue weighted by atomic mass is 32.2. The van der Waals surface area contributed by atoms with Crippen LogP contribution in [0.3, 0.4) is 0 Å². The van der Waals surface area contributed by atoms with Gasteiger partial charge in [-0.05, 0) is 0 Å². The first-order chi connectivity index (χ1) is 6.03. The standard InChI is InChI=1S/C7H12O5S/c8-2-1-7-5(3-9)6(10)4-13(7,11)12/h2,5-7,9-10H,1,3-4H2. The molecule has 0 amide bonds. The molecule has 1 saturated heterocycles. The van der Waals surface area contributed by atoms with E-state index in [0.717, 1.165) is 0 Å². The van der Waals surface area contributed by atoms with Gasteiger partial charge in [0.15, 0.2) is 9.84 Å². The molecule has 3 atom stereocenters. The minimum Gasteiger partial charge on any atom is -0.396 e. The molecule has 0 aromatic heterocycles. The molecule has 6 heteroatoms. The van der Waals surface area contributed by atoms with E-state index in [0.29, 0.717) is 6.29 Å². The molecule has 1 aliphatic rings. The molecule has 0 spiro atoms. The van der Waals surface area contributed by atoms with E-state index in [2.05, 4.69) is 0 Å². The molecule has 0 aromatic rings. The van der Waals surface area contributed by atoms with Crippen LogP contribution in [0.15, 0.2) is 0 Å². The third-order valence-corrected chi connectivity index (χ3v) is 4.65. The lowest BCUT2D eigenvalue weighted by Crippen LogP contribution is -2.29. The van der Waals surface area contributed by atoms with Gasteiger partial charge in [-0.25, -0.2) is 8.42 Å². The Kier molecular flexibility index (Phi) is 3.05. The van der Waals surface area contributed by atoms with Crippen molar-refractivity contribution in [1.82, 2.24) is 0 Å². The Morgan fingerprint density at radius 2 is 2.08 bits per heavy atom. The largest absolute Gasteiger partial charge is 0.396 e. The highest BCUT2D eigenvalue weighted by Crippen LogP contribution is 2.28. The molecular weight excluding hydrogens is 196 g/mol. The third kappa shape index (κ3) is 1.90. The van der Waals surface area contributed by atoms with Crippen LogP contribution in [0.2, 0.25) is 0 Å². The van der Waals surface area contributed by atoms with Gasteiger partial charge in [-0.2, -0.15) is 0 Å². The van der Waals surface area contributed by atoms with Gasteiger partial charge >= 0.3 is 0 Å². The maximum atomic E-state index is 11.3. The number of aliphatic hydroxyl groups is 2. The molecule has 5 nitrogen and oxygen atoms in total. The van der Waals surface area contributed by atoms with Crippen LogP contribution < -0.4 is 0 Å². The Labute approximate surface area is 76.3 Å². The van der Waals surface area contributed by atoms with Gasteiger partial charge < -0.3 is 15.0 Å². The summed E-state index contributed by atoms with van der Waals surface area (Å²) < 4.78 is 22.6. The van der Waals surface area contributed by atoms with Crippen molar-refractivity contribution < 1.29 is 23.4 Å². The van der Waals surface area contributed by atoms with E-state index in [1.165, 1.54) is 0 Å². The molecule has 0 aliphatic carbocycles. The van der Waals surface area contributed by atoms with Crippen LogP contribution in [0.5, 0.6) is 0 Å². The number of carbonyl (C=O) groups excluding carboxylic acids is 1. The maximum Gasteiger partial charge on any atom is 0.156 e. The Morgan fingerprint density at radius 1 is 1.46 bits per heavy atom. The lowest BCUT2D eigenvalue weighted by Gasteiger charge is -2.15. The fourth-order valence-corrected chi connectivity index (χ4v) is 3.80. The summed E-state index contributed by atoms with van der Waals surface area (Å²) in [4.78, 5) is 10.2. The first-order valence-corrected chi connectivity index (χ1v) is 5.68. The van der Waals surface area contributed by atoms with E-state index >= 15 is 0 Å². The summed E-state index contributed by atoms with van der Waals surface area (Å²) in [5, 5.41) is 17.2. The molecule has 3 unspecified atom stereocenters. The van der Waals surface area contributed by atoms with E-state index in [1.54, 1.807) is 0 Å². The van der Waals surface area contributed by atoms with E-state index in [9.17, 15) is 18.3 Å². The summed E-state index contributed by atoms with van der Waals surface area (Å²) >= 11 is 0. The van der Waals surface area contributed by atoms with Gasteiger partial charge in [0.25, 0.3) is 0 Å². The van der Waals surface area contributed by atoms with E-state index in [1.807, 2.05) is 0 Å². The molecule has 0 bridgehead atoms. The normalized spacial score (nSPS) is 37.5. The smallest absolute Gasteiger partial charge is 0.156 e. The highest BCUT2D eigenvalue weighted by Gasteiger charge is 2.45. The summed E-state index contributed by atoms with van der Waals surface area (Å²) in [7, 11) is -3.40. The van der Waals surface area contributed by atoms with Crippen molar-refractivity contribution >= 4 is 16.1 Å². The second-order valence-corrected chi connectivity index (χ2v) is 5.45. The second kappa shape index (κ2) is 3.73. The van der Waals surface area contributed by atoms with Gasteiger partial charge in [0.1, 0.15) is 6.29 Å². The van der Waals surface area contributed by atoms with Crippen molar-refractivity contribution in [1.29, 1.82) is 0 Å². The summed E-state index contributed by atoms with van der Waals surface area (Å²) in [6.45, 7) is -0.404. The monoisotopic (exact) mass is 208 g/mol. The van der Waals surface area contributed by atoms with Crippen LogP contribution >= 0.6 is 0 Å². The second-order valence-electron chi connectivity index (χ2n) is 3.18. The van der Waals surface area contributed by atoms with E-state index in [4.69, 9.17) is 5.11 Å². The van der Waals surface area contributed by atoms with Gasteiger partial charge in [0.05, 0.1) is 17.1 Å². The van der Waals surface area contributed by atoms with Crippen molar-refractivity contribution in [2.75, 3.05) is 12.4 Å². The first-order valence-electron chi connectivity index (χ1n) is 3.97. The zero-order valence-electron chi connectivity index (χ0n) is 6.96. The van der Waals surface area contributed by atoms with Crippen molar-refractivity contribution in [3.8, 4) is 0 Å². The minimum absolute atomic E-state index is 0.148. The highest BCUT2D eigenvalue weighted by molar-refractivity contribution is 7.92. The van der Waals surface area contributed by atoms with Crippen molar-refractivity contribution in [3.63, 3.8) is 0 Å². The fourth-order valence-electron chi connectivity index (χ4n) is 1.65. The van der Waals surface area contributed by atoms with Gasteiger partial charge in [-0.3, -0.25) is 0 Å². The van der Waals surface area contributed by atoms with Crippen LogP contribution in [0, 0.1) is 5.92 Å². The molecule has 2 N–H and O–H groups in total. The number of carbonyl (C=O) groups is 1. The first kappa shape index (κ1) is 10.6. The molecule has 1 fully saturated rings. The molecule has 0 saturated carbocycles. The zero-order chi connectivity index (χ0) is 10.1. The summed E-state index contributed by atoms with van der Waals surface area (Å²) in [5.41, 5.74) is 0. The van der Waals surface area contributed by atoms with Gasteiger partial charge in [0, 0.05) is 18.9 Å². The molecular formula is C7H12O5S. The number of hydrogen-bond donors (Lipinski definition) is 2. The van der Waals surface area contributed by atoms with Crippen LogP contribution in [-0.2, 0) is 14.6 Å². The van der Waals surface area contributed by atoms with Crippen molar-refractivity contribution in [2.24, 2.45) is 5.92 Å². The molecule has 76 valence electrons. The van der Waals surface area contributed by atoms with Gasteiger partial charge in [-0.15, -0.1) is 0 Å². The predicted molar refractivity (Wildman–Crippen MR) is 44.8 cm³/mol. The molecule has 0 radical (unpaired) electrons. The van der Waals surface area contributed by atoms with Gasteiger partial charge in [-0.1, -0.05) is 0 Å². The summed E-state index contributed by atoms with van der Waals surface area (Å²) in [6, 6.07) is 0. The van der Waals surface area contributed by atoms with Gasteiger partial charge in [0.2, 0.25) is 0 Å². The molecule has 1 heterocycles. The SMILES string of the molecule is O=CCC1C(CO)C(O)CS1(=O)=O. The fraction of sp³-hybridized carbons (Fsp3) is 0.857. The maximum absolute atomic E-state index is 11.3. The average Bonchev–Trinajstić information content (AvgIpc) is 2.23. The number of aldehydes is 1. The number of hydrogen-bond acceptors (Lipinski definition) is 5. The lowest BCUT2D eigenvalue weighted by molar-refractivity contribution is -0.108. The van der Waals surface area contributed by atoms with Crippen LogP contribution in [0.4, 0.5) is 0 Å². The van der Waals surface area contributed by atoms with E-state index in [-0.39, 0.29) is 12.2 Å². The lowest BCUT2D eigenvalue weighted by atomic mass is 9.99. The average molecular weight is 208 g/mol. The van der Waals surface area contributed by atoms with Crippen LogP contribution in [-0.4, -0.2) is 48.6 Å². The Hall–Kier alpha value is -0.460. The minimum atomic E-state index is -3.40.